The number of carbonyl (C=O) groups excluding carboxylic acids is 1. The van der Waals surface area contributed by atoms with Gasteiger partial charge >= 0.3 is 0 Å². The molecule has 3 atom stereocenters. The summed E-state index contributed by atoms with van der Waals surface area (Å²) in [5.74, 6) is 0.115. The summed E-state index contributed by atoms with van der Waals surface area (Å²) in [4.78, 5) is 11.7. The quantitative estimate of drug-likeness (QED) is 0.570. The monoisotopic (exact) mass is 243 g/mol. The molecule has 2 fully saturated rings. The Bertz CT molecular complexity index is 280. The summed E-state index contributed by atoms with van der Waals surface area (Å²) in [5.41, 5.74) is -0.0133. The van der Waals surface area contributed by atoms with E-state index in [1.165, 1.54) is 0 Å². The SMILES string of the molecule is COCOC[C@@]12CC[C@H](OC)[C@@H](C1)NC(=O)C2. The van der Waals surface area contributed by atoms with Crippen molar-refractivity contribution >= 4 is 5.91 Å². The smallest absolute Gasteiger partial charge is 0.220 e. The van der Waals surface area contributed by atoms with Crippen LogP contribution in [0.4, 0.5) is 0 Å². The normalized spacial score (nSPS) is 36.7. The van der Waals surface area contributed by atoms with Gasteiger partial charge in [0.1, 0.15) is 6.79 Å². The van der Waals surface area contributed by atoms with Crippen molar-refractivity contribution < 1.29 is 19.0 Å². The Hall–Kier alpha value is -0.650. The lowest BCUT2D eigenvalue weighted by Crippen LogP contribution is -2.57. The van der Waals surface area contributed by atoms with Gasteiger partial charge in [-0.3, -0.25) is 4.79 Å². The minimum Gasteiger partial charge on any atom is -0.379 e. The average Bonchev–Trinajstić information content (AvgIpc) is 2.29. The van der Waals surface area contributed by atoms with Gasteiger partial charge in [-0.05, 0) is 19.3 Å². The van der Waals surface area contributed by atoms with E-state index in [2.05, 4.69) is 5.32 Å². The highest BCUT2D eigenvalue weighted by Crippen LogP contribution is 2.43. The fourth-order valence-electron chi connectivity index (χ4n) is 3.06. The van der Waals surface area contributed by atoms with Crippen LogP contribution in [-0.2, 0) is 19.0 Å². The van der Waals surface area contributed by atoms with Gasteiger partial charge in [0, 0.05) is 26.1 Å². The molecular weight excluding hydrogens is 222 g/mol. The highest BCUT2D eigenvalue weighted by molar-refractivity contribution is 5.78. The molecule has 98 valence electrons. The van der Waals surface area contributed by atoms with E-state index in [1.54, 1.807) is 14.2 Å². The zero-order valence-corrected chi connectivity index (χ0v) is 10.5. The summed E-state index contributed by atoms with van der Waals surface area (Å²) in [6.45, 7) is 0.892. The summed E-state index contributed by atoms with van der Waals surface area (Å²) in [6.07, 6.45) is 3.62. The van der Waals surface area contributed by atoms with Crippen LogP contribution in [0.5, 0.6) is 0 Å². The number of hydrogen-bond acceptors (Lipinski definition) is 4. The molecule has 0 aromatic rings. The Kier molecular flexibility index (Phi) is 4.01. The summed E-state index contributed by atoms with van der Waals surface area (Å²) in [5, 5.41) is 3.01. The summed E-state index contributed by atoms with van der Waals surface area (Å²) >= 11 is 0. The van der Waals surface area contributed by atoms with Crippen molar-refractivity contribution in [1.82, 2.24) is 5.32 Å². The number of piperidine rings is 1. The fraction of sp³-hybridized carbons (Fsp3) is 0.917. The summed E-state index contributed by atoms with van der Waals surface area (Å²) < 4.78 is 15.8. The molecule has 2 rings (SSSR count). The lowest BCUT2D eigenvalue weighted by atomic mass is 9.67. The Balaban J connectivity index is 1.99. The maximum Gasteiger partial charge on any atom is 0.220 e. The van der Waals surface area contributed by atoms with Gasteiger partial charge in [0.25, 0.3) is 0 Å². The van der Waals surface area contributed by atoms with E-state index < -0.39 is 0 Å². The molecule has 2 bridgehead atoms. The Morgan fingerprint density at radius 2 is 2.29 bits per heavy atom. The fourth-order valence-corrected chi connectivity index (χ4v) is 3.06. The van der Waals surface area contributed by atoms with Gasteiger partial charge in [-0.1, -0.05) is 0 Å². The predicted octanol–water partition coefficient (Wildman–Crippen LogP) is 0.681. The lowest BCUT2D eigenvalue weighted by molar-refractivity contribution is -0.142. The zero-order valence-electron chi connectivity index (χ0n) is 10.5. The van der Waals surface area contributed by atoms with Gasteiger partial charge in [0.2, 0.25) is 5.91 Å². The molecule has 0 aromatic heterocycles. The van der Waals surface area contributed by atoms with Crippen molar-refractivity contribution in [3.8, 4) is 0 Å². The number of carbonyl (C=O) groups is 1. The first kappa shape index (κ1) is 12.8. The zero-order chi connectivity index (χ0) is 12.3. The summed E-state index contributed by atoms with van der Waals surface area (Å²) in [6, 6.07) is 0.140. The highest BCUT2D eigenvalue weighted by atomic mass is 16.7. The molecule has 0 radical (unpaired) electrons. The van der Waals surface area contributed by atoms with Gasteiger partial charge in [0.15, 0.2) is 0 Å². The highest BCUT2D eigenvalue weighted by Gasteiger charge is 2.46. The second-order valence-electron chi connectivity index (χ2n) is 5.12. The van der Waals surface area contributed by atoms with Crippen molar-refractivity contribution in [2.45, 2.75) is 37.8 Å². The largest absolute Gasteiger partial charge is 0.379 e. The van der Waals surface area contributed by atoms with Gasteiger partial charge in [-0.2, -0.15) is 0 Å². The Morgan fingerprint density at radius 3 is 3.00 bits per heavy atom. The number of methoxy groups -OCH3 is 2. The number of nitrogens with one attached hydrogen (secondary N) is 1. The van der Waals surface area contributed by atoms with E-state index in [0.717, 1.165) is 19.3 Å². The molecular formula is C12H21NO4. The van der Waals surface area contributed by atoms with Crippen LogP contribution < -0.4 is 5.32 Å². The van der Waals surface area contributed by atoms with E-state index in [1.807, 2.05) is 0 Å². The molecule has 1 N–H and O–H groups in total. The van der Waals surface area contributed by atoms with Crippen LogP contribution in [0.3, 0.4) is 0 Å². The van der Waals surface area contributed by atoms with Crippen molar-refractivity contribution in [2.75, 3.05) is 27.6 Å². The van der Waals surface area contributed by atoms with Crippen LogP contribution >= 0.6 is 0 Å². The van der Waals surface area contributed by atoms with Crippen molar-refractivity contribution in [3.05, 3.63) is 0 Å². The average molecular weight is 243 g/mol. The standard InChI is InChI=1S/C12H21NO4/c1-15-8-17-7-12-4-3-10(16-2)9(5-12)13-11(14)6-12/h9-10H,3-8H2,1-2H3,(H,13,14)/t9-,10+,12+/m1/s1. The van der Waals surface area contributed by atoms with Crippen molar-refractivity contribution in [1.29, 1.82) is 0 Å². The molecule has 1 amide bonds. The molecule has 5 nitrogen and oxygen atoms in total. The lowest BCUT2D eigenvalue weighted by Gasteiger charge is -2.47. The van der Waals surface area contributed by atoms with Gasteiger partial charge in [0.05, 0.1) is 18.8 Å². The molecule has 1 aliphatic heterocycles. The molecule has 2 aliphatic rings. The third kappa shape index (κ3) is 2.78. The van der Waals surface area contributed by atoms with E-state index in [-0.39, 0.29) is 23.5 Å². The van der Waals surface area contributed by atoms with E-state index >= 15 is 0 Å². The van der Waals surface area contributed by atoms with Gasteiger partial charge < -0.3 is 19.5 Å². The first-order chi connectivity index (χ1) is 8.19. The maximum atomic E-state index is 11.7. The van der Waals surface area contributed by atoms with Crippen molar-refractivity contribution in [2.24, 2.45) is 5.41 Å². The summed E-state index contributed by atoms with van der Waals surface area (Å²) in [7, 11) is 3.32. The molecule has 17 heavy (non-hydrogen) atoms. The third-order valence-electron chi connectivity index (χ3n) is 3.86. The van der Waals surface area contributed by atoms with Crippen LogP contribution in [0, 0.1) is 5.41 Å². The van der Waals surface area contributed by atoms with Crippen LogP contribution in [0.25, 0.3) is 0 Å². The molecule has 1 saturated carbocycles. The molecule has 0 aromatic carbocycles. The van der Waals surface area contributed by atoms with Gasteiger partial charge in [-0.25, -0.2) is 0 Å². The van der Waals surface area contributed by atoms with Crippen LogP contribution in [0.1, 0.15) is 25.7 Å². The molecule has 1 heterocycles. The number of hydrogen-bond donors (Lipinski definition) is 1. The van der Waals surface area contributed by atoms with Crippen LogP contribution in [0.15, 0.2) is 0 Å². The first-order valence-electron chi connectivity index (χ1n) is 6.08. The number of amides is 1. The Labute approximate surface area is 102 Å². The molecule has 1 aliphatic carbocycles. The topological polar surface area (TPSA) is 56.8 Å². The molecule has 1 saturated heterocycles. The number of ether oxygens (including phenoxy) is 3. The minimum atomic E-state index is -0.0133. The van der Waals surface area contributed by atoms with E-state index in [4.69, 9.17) is 14.2 Å². The first-order valence-corrected chi connectivity index (χ1v) is 6.08. The van der Waals surface area contributed by atoms with Crippen LogP contribution in [-0.4, -0.2) is 45.7 Å². The number of rotatable bonds is 5. The van der Waals surface area contributed by atoms with E-state index in [0.29, 0.717) is 19.8 Å². The van der Waals surface area contributed by atoms with Gasteiger partial charge in [-0.15, -0.1) is 0 Å². The second-order valence-corrected chi connectivity index (χ2v) is 5.12. The third-order valence-corrected chi connectivity index (χ3v) is 3.86. The predicted molar refractivity (Wildman–Crippen MR) is 61.5 cm³/mol. The van der Waals surface area contributed by atoms with Crippen LogP contribution in [0.2, 0.25) is 0 Å². The van der Waals surface area contributed by atoms with E-state index in [9.17, 15) is 4.79 Å². The second kappa shape index (κ2) is 5.33. The molecule has 0 unspecified atom stereocenters. The van der Waals surface area contributed by atoms with Crippen molar-refractivity contribution in [3.63, 3.8) is 0 Å². The molecule has 5 heteroatoms. The molecule has 0 spiro atoms. The maximum absolute atomic E-state index is 11.7. The minimum absolute atomic E-state index is 0.0133. The Morgan fingerprint density at radius 1 is 1.47 bits per heavy atom. The number of fused-ring (bicyclic) bond motifs is 2.